The molecule has 2 heterocycles. The first-order chi connectivity index (χ1) is 17.9. The number of aromatic nitrogens is 1. The Morgan fingerprint density at radius 3 is 2.62 bits per heavy atom. The molecule has 4 N–H and O–H groups in total. The highest BCUT2D eigenvalue weighted by Gasteiger charge is 2.53. The van der Waals surface area contributed by atoms with Crippen molar-refractivity contribution in [3.05, 3.63) is 60.1 Å². The maximum Gasteiger partial charge on any atom is 0.393 e. The molecule has 4 rings (SSSR count). The molecule has 0 fully saturated rings. The molecule has 1 aromatic heterocycles. The number of unbranched alkanes of at least 4 members (excludes halogenated alkanes) is 2. The van der Waals surface area contributed by atoms with Gasteiger partial charge in [-0.1, -0.05) is 5.16 Å². The zero-order chi connectivity index (χ0) is 26.4. The van der Waals surface area contributed by atoms with Crippen LogP contribution >= 0.6 is 10.4 Å². The number of rotatable bonds is 10. The molecule has 11 nitrogen and oxygen atoms in total. The molecule has 0 spiro atoms. The van der Waals surface area contributed by atoms with Crippen molar-refractivity contribution >= 4 is 38.2 Å². The Hall–Kier alpha value is -3.93. The van der Waals surface area contributed by atoms with Gasteiger partial charge in [-0.15, -0.1) is 0 Å². The molecule has 2 aromatic rings. The predicted molar refractivity (Wildman–Crippen MR) is 143 cm³/mol. The summed E-state index contributed by atoms with van der Waals surface area (Å²) in [5, 5.41) is 21.4. The highest BCUT2D eigenvalue weighted by Crippen LogP contribution is 2.61. The van der Waals surface area contributed by atoms with Gasteiger partial charge in [-0.3, -0.25) is 4.31 Å². The average molecular weight is 530 g/mol. The number of ether oxygens (including phenoxy) is 1. The number of nitrogen functional groups attached to an aromatic ring is 1. The van der Waals surface area contributed by atoms with Crippen molar-refractivity contribution < 1.29 is 29.4 Å². The molecule has 0 atom stereocenters. The van der Waals surface area contributed by atoms with Crippen molar-refractivity contribution in [1.82, 2.24) is 9.29 Å². The van der Waals surface area contributed by atoms with Gasteiger partial charge in [-0.25, -0.2) is 14.6 Å². The summed E-state index contributed by atoms with van der Waals surface area (Å²) in [6.45, 7) is 3.24. The topological polar surface area (TPSA) is 151 Å². The van der Waals surface area contributed by atoms with Gasteiger partial charge in [0.05, 0.1) is 24.2 Å². The lowest BCUT2D eigenvalue weighted by Crippen LogP contribution is -2.39. The largest absolute Gasteiger partial charge is 0.494 e. The molecule has 0 radical (unpaired) electrons. The maximum atomic E-state index is 12.3. The number of oxime groups is 1. The fraction of sp³-hybridized carbons (Fsp3) is 0.360. The van der Waals surface area contributed by atoms with Gasteiger partial charge in [0, 0.05) is 24.5 Å². The van der Waals surface area contributed by atoms with Gasteiger partial charge in [-0.2, -0.15) is 0 Å². The number of hydrogen-bond acceptors (Lipinski definition) is 9. The first-order valence-corrected chi connectivity index (χ1v) is 13.6. The molecule has 1 aliphatic carbocycles. The molecule has 1 aliphatic heterocycles. The zero-order valence-electron chi connectivity index (χ0n) is 20.6. The second kappa shape index (κ2) is 11.4. The van der Waals surface area contributed by atoms with E-state index in [-0.39, 0.29) is 12.4 Å². The lowest BCUT2D eigenvalue weighted by Gasteiger charge is -2.42. The van der Waals surface area contributed by atoms with Crippen molar-refractivity contribution in [2.75, 3.05) is 29.8 Å². The van der Waals surface area contributed by atoms with E-state index >= 15 is 0 Å². The number of nitrogens with zero attached hydrogens (tertiary/aromatic N) is 4. The van der Waals surface area contributed by atoms with Crippen LogP contribution in [0.15, 0.2) is 54.1 Å². The summed E-state index contributed by atoms with van der Waals surface area (Å²) in [7, 11) is -3.44. The number of carbonyl (C=O) groups is 2. The van der Waals surface area contributed by atoms with E-state index in [9.17, 15) is 19.8 Å². The van der Waals surface area contributed by atoms with Crippen LogP contribution < -0.4 is 14.8 Å². The fourth-order valence-corrected chi connectivity index (χ4v) is 6.73. The van der Waals surface area contributed by atoms with Crippen molar-refractivity contribution in [2.24, 2.45) is 5.16 Å². The Morgan fingerprint density at radius 1 is 1.11 bits per heavy atom. The minimum absolute atomic E-state index is 0.261. The number of fused-ring (bicyclic) bond motifs is 1. The first kappa shape index (κ1) is 26.1. The third kappa shape index (κ3) is 5.29. The smallest absolute Gasteiger partial charge is 0.393 e. The molecule has 0 saturated carbocycles. The number of carboxylic acid groups (broad SMARTS) is 2. The summed E-state index contributed by atoms with van der Waals surface area (Å²) < 4.78 is 8.60. The van der Waals surface area contributed by atoms with E-state index < -0.39 is 21.0 Å². The molecule has 2 aliphatic rings. The summed E-state index contributed by atoms with van der Waals surface area (Å²) >= 11 is 0. The standard InChI is InChI=1S/C25H31N5O6S/c1-2-36-28-22-10-6-18-16-20(8-9-21(18)22)35-15-5-3-4-12-29-13-14-30(19-7-11-23(26)27-17-19)37(29,24(31)32)25(33)34/h7-9,11,13-14,16-17H,2-6,10,12,15H2,1H3,(H2,26,27)(H,31,32)(H,33,34)/b28-22+. The van der Waals surface area contributed by atoms with E-state index in [2.05, 4.69) is 10.1 Å². The second-order valence-corrected chi connectivity index (χ2v) is 11.1. The average Bonchev–Trinajstić information content (AvgIpc) is 3.47. The normalized spacial score (nSPS) is 17.6. The van der Waals surface area contributed by atoms with Crippen LogP contribution in [0.3, 0.4) is 0 Å². The Morgan fingerprint density at radius 2 is 1.92 bits per heavy atom. The van der Waals surface area contributed by atoms with Gasteiger partial charge in [0.1, 0.15) is 28.6 Å². The van der Waals surface area contributed by atoms with Crippen LogP contribution in [0.2, 0.25) is 0 Å². The van der Waals surface area contributed by atoms with Gasteiger partial charge in [0.2, 0.25) is 0 Å². The molecule has 0 amide bonds. The fourth-order valence-electron chi connectivity index (χ4n) is 4.35. The van der Waals surface area contributed by atoms with Crippen LogP contribution in [0, 0.1) is 0 Å². The highest BCUT2D eigenvalue weighted by molar-refractivity contribution is 8.54. The lowest BCUT2D eigenvalue weighted by atomic mass is 10.1. The molecular weight excluding hydrogens is 498 g/mol. The minimum Gasteiger partial charge on any atom is -0.494 e. The number of benzene rings is 1. The van der Waals surface area contributed by atoms with Gasteiger partial charge in [-0.05, 0) is 74.9 Å². The molecule has 198 valence electrons. The van der Waals surface area contributed by atoms with E-state index in [4.69, 9.17) is 15.3 Å². The van der Waals surface area contributed by atoms with E-state index in [0.717, 1.165) is 42.7 Å². The third-order valence-corrected chi connectivity index (χ3v) is 8.98. The number of aryl methyl sites for hydroxylation is 1. The number of nitrogens with two attached hydrogens (primary N) is 1. The Balaban J connectivity index is 1.30. The van der Waals surface area contributed by atoms with Gasteiger partial charge in [0.25, 0.3) is 0 Å². The summed E-state index contributed by atoms with van der Waals surface area (Å²) in [6.07, 6.45) is 8.25. The van der Waals surface area contributed by atoms with Crippen LogP contribution in [-0.2, 0) is 11.3 Å². The monoisotopic (exact) mass is 529 g/mol. The van der Waals surface area contributed by atoms with Gasteiger partial charge in [0.15, 0.2) is 0 Å². The number of pyridine rings is 1. The number of hydrogen-bond donors (Lipinski definition) is 3. The van der Waals surface area contributed by atoms with Crippen LogP contribution in [-0.4, -0.2) is 55.6 Å². The molecule has 12 heteroatoms. The second-order valence-electron chi connectivity index (χ2n) is 8.47. The molecular formula is C25H31N5O6S. The SMILES string of the molecule is CCO/N=C1\CCc2cc(OCCCCCN3C=CN(c4ccc(N)nc4)S3(C(=O)O)C(=O)O)ccc21. The Labute approximate surface area is 216 Å². The highest BCUT2D eigenvalue weighted by atomic mass is 32.3. The van der Waals surface area contributed by atoms with Crippen LogP contribution in [0.1, 0.15) is 43.7 Å². The quantitative estimate of drug-likeness (QED) is 0.277. The van der Waals surface area contributed by atoms with E-state index in [1.807, 2.05) is 25.1 Å². The zero-order valence-corrected chi connectivity index (χ0v) is 21.4. The molecule has 0 bridgehead atoms. The predicted octanol–water partition coefficient (Wildman–Crippen LogP) is 5.18. The van der Waals surface area contributed by atoms with Crippen LogP contribution in [0.4, 0.5) is 21.1 Å². The summed E-state index contributed by atoms with van der Waals surface area (Å²) in [6, 6.07) is 9.05. The van der Waals surface area contributed by atoms with Crippen LogP contribution in [0.5, 0.6) is 5.75 Å². The van der Waals surface area contributed by atoms with Gasteiger partial charge >= 0.3 is 10.6 Å². The third-order valence-electron chi connectivity index (χ3n) is 6.12. The van der Waals surface area contributed by atoms with Crippen molar-refractivity contribution in [3.8, 4) is 5.75 Å². The molecule has 37 heavy (non-hydrogen) atoms. The van der Waals surface area contributed by atoms with E-state index in [0.29, 0.717) is 25.3 Å². The van der Waals surface area contributed by atoms with E-state index in [1.54, 1.807) is 6.07 Å². The van der Waals surface area contributed by atoms with Crippen molar-refractivity contribution in [1.29, 1.82) is 0 Å². The lowest BCUT2D eigenvalue weighted by molar-refractivity contribution is 0.158. The molecule has 1 aromatic carbocycles. The van der Waals surface area contributed by atoms with E-state index in [1.165, 1.54) is 38.8 Å². The maximum absolute atomic E-state index is 12.3. The number of anilines is 2. The molecule has 0 unspecified atom stereocenters. The van der Waals surface area contributed by atoms with Crippen molar-refractivity contribution in [3.63, 3.8) is 0 Å². The first-order valence-electron chi connectivity index (χ1n) is 12.1. The summed E-state index contributed by atoms with van der Waals surface area (Å²) in [4.78, 5) is 33.8. The van der Waals surface area contributed by atoms with Crippen molar-refractivity contribution in [2.45, 2.75) is 39.0 Å². The minimum atomic E-state index is -3.44. The Bertz CT molecular complexity index is 1190. The van der Waals surface area contributed by atoms with Gasteiger partial charge < -0.3 is 29.8 Å². The Kier molecular flexibility index (Phi) is 8.07. The molecule has 0 saturated heterocycles. The summed E-state index contributed by atoms with van der Waals surface area (Å²) in [5.41, 5.74) is 9.24. The van der Waals surface area contributed by atoms with Crippen LogP contribution in [0.25, 0.3) is 0 Å². The summed E-state index contributed by atoms with van der Waals surface area (Å²) in [5.74, 6) is 1.06.